The summed E-state index contributed by atoms with van der Waals surface area (Å²) >= 11 is 1.57. The number of aryl methyl sites for hydroxylation is 1. The van der Waals surface area contributed by atoms with Crippen molar-refractivity contribution in [2.75, 3.05) is 0 Å². The van der Waals surface area contributed by atoms with E-state index in [4.69, 9.17) is 4.74 Å². The highest BCUT2D eigenvalue weighted by Crippen LogP contribution is 2.37. The Balaban J connectivity index is 2.05. The Morgan fingerprint density at radius 1 is 1.30 bits per heavy atom. The molecular weight excluding hydrogens is 306 g/mol. The van der Waals surface area contributed by atoms with E-state index in [2.05, 4.69) is 6.07 Å². The molecule has 120 valence electrons. The molecule has 1 unspecified atom stereocenters. The average Bonchev–Trinajstić information content (AvgIpc) is 3.05. The molecule has 1 aromatic carbocycles. The van der Waals surface area contributed by atoms with Crippen molar-refractivity contribution in [3.05, 3.63) is 52.2 Å². The summed E-state index contributed by atoms with van der Waals surface area (Å²) in [5, 5.41) is 13.7. The molecule has 0 radical (unpaired) electrons. The Hall–Kier alpha value is -2.12. The summed E-state index contributed by atoms with van der Waals surface area (Å²) in [6.45, 7) is 6.02. The number of hydrogen-bond acceptors (Lipinski definition) is 4. The SMILES string of the molecule is Cc1ccc(OC(=O)CCC(C#N)(c2ccsc2)C(C)C)cc1. The number of nitriles is 1. The van der Waals surface area contributed by atoms with Crippen LogP contribution >= 0.6 is 11.3 Å². The normalized spacial score (nSPS) is 13.3. The topological polar surface area (TPSA) is 50.1 Å². The monoisotopic (exact) mass is 327 g/mol. The molecule has 0 bridgehead atoms. The van der Waals surface area contributed by atoms with Crippen LogP contribution in [0.3, 0.4) is 0 Å². The summed E-state index contributed by atoms with van der Waals surface area (Å²) in [7, 11) is 0. The lowest BCUT2D eigenvalue weighted by atomic mass is 9.71. The van der Waals surface area contributed by atoms with Crippen LogP contribution in [0, 0.1) is 24.2 Å². The summed E-state index contributed by atoms with van der Waals surface area (Å²) in [5.74, 6) is 0.363. The van der Waals surface area contributed by atoms with Gasteiger partial charge in [0.1, 0.15) is 5.75 Å². The van der Waals surface area contributed by atoms with Crippen LogP contribution in [0.4, 0.5) is 0 Å². The van der Waals surface area contributed by atoms with Gasteiger partial charge in [0.2, 0.25) is 0 Å². The zero-order valence-electron chi connectivity index (χ0n) is 13.7. The molecule has 2 aromatic rings. The third-order valence-corrected chi connectivity index (χ3v) is 4.88. The van der Waals surface area contributed by atoms with Crippen molar-refractivity contribution in [3.63, 3.8) is 0 Å². The maximum atomic E-state index is 12.1. The summed E-state index contributed by atoms with van der Waals surface area (Å²) in [6, 6.07) is 11.8. The van der Waals surface area contributed by atoms with Gasteiger partial charge in [-0.2, -0.15) is 16.6 Å². The average molecular weight is 327 g/mol. The Morgan fingerprint density at radius 3 is 2.52 bits per heavy atom. The molecule has 0 aliphatic heterocycles. The zero-order valence-corrected chi connectivity index (χ0v) is 14.5. The van der Waals surface area contributed by atoms with Crippen molar-refractivity contribution < 1.29 is 9.53 Å². The molecule has 4 heteroatoms. The Labute approximate surface area is 141 Å². The van der Waals surface area contributed by atoms with Gasteiger partial charge in [-0.3, -0.25) is 4.79 Å². The van der Waals surface area contributed by atoms with Gasteiger partial charge in [0.05, 0.1) is 11.5 Å². The Morgan fingerprint density at radius 2 is 2.00 bits per heavy atom. The fraction of sp³-hybridized carbons (Fsp3) is 0.368. The van der Waals surface area contributed by atoms with Gasteiger partial charge in [-0.1, -0.05) is 31.5 Å². The van der Waals surface area contributed by atoms with Gasteiger partial charge in [-0.25, -0.2) is 0 Å². The Bertz CT molecular complexity index is 683. The fourth-order valence-corrected chi connectivity index (χ4v) is 3.36. The van der Waals surface area contributed by atoms with Gasteiger partial charge in [-0.15, -0.1) is 0 Å². The number of benzene rings is 1. The number of rotatable bonds is 6. The molecule has 0 aliphatic rings. The molecular formula is C19H21NO2S. The highest BCUT2D eigenvalue weighted by atomic mass is 32.1. The van der Waals surface area contributed by atoms with Gasteiger partial charge in [0.15, 0.2) is 0 Å². The van der Waals surface area contributed by atoms with E-state index >= 15 is 0 Å². The van der Waals surface area contributed by atoms with Crippen molar-refractivity contribution in [3.8, 4) is 11.8 Å². The highest BCUT2D eigenvalue weighted by Gasteiger charge is 2.36. The number of carbonyl (C=O) groups is 1. The second-order valence-electron chi connectivity index (χ2n) is 6.04. The lowest BCUT2D eigenvalue weighted by Gasteiger charge is -2.30. The molecule has 0 spiro atoms. The van der Waals surface area contributed by atoms with Crippen LogP contribution in [0.2, 0.25) is 0 Å². The summed E-state index contributed by atoms with van der Waals surface area (Å²) in [5.41, 5.74) is 1.46. The summed E-state index contributed by atoms with van der Waals surface area (Å²) < 4.78 is 5.36. The van der Waals surface area contributed by atoms with Gasteiger partial charge in [0.25, 0.3) is 0 Å². The van der Waals surface area contributed by atoms with Crippen molar-refractivity contribution in [1.29, 1.82) is 5.26 Å². The van der Waals surface area contributed by atoms with Crippen LogP contribution in [0.25, 0.3) is 0 Å². The first-order valence-electron chi connectivity index (χ1n) is 7.69. The van der Waals surface area contributed by atoms with Gasteiger partial charge in [0, 0.05) is 6.42 Å². The van der Waals surface area contributed by atoms with Crippen LogP contribution in [-0.4, -0.2) is 5.97 Å². The zero-order chi connectivity index (χ0) is 16.9. The van der Waals surface area contributed by atoms with Crippen molar-refractivity contribution >= 4 is 17.3 Å². The number of ether oxygens (including phenoxy) is 1. The maximum absolute atomic E-state index is 12.1. The molecule has 3 nitrogen and oxygen atoms in total. The highest BCUT2D eigenvalue weighted by molar-refractivity contribution is 7.08. The van der Waals surface area contributed by atoms with E-state index < -0.39 is 5.41 Å². The van der Waals surface area contributed by atoms with E-state index in [1.165, 1.54) is 0 Å². The second kappa shape index (κ2) is 7.43. The van der Waals surface area contributed by atoms with Crippen LogP contribution in [0.1, 0.15) is 37.8 Å². The van der Waals surface area contributed by atoms with Crippen molar-refractivity contribution in [1.82, 2.24) is 0 Å². The number of carbonyl (C=O) groups excluding carboxylic acids is 1. The standard InChI is InChI=1S/C19H21NO2S/c1-14(2)19(13-20,16-9-11-23-12-16)10-8-18(21)22-17-6-4-15(3)5-7-17/h4-7,9,11-12,14H,8,10H2,1-3H3. The fourth-order valence-electron chi connectivity index (χ4n) is 2.62. The molecule has 0 saturated carbocycles. The first-order chi connectivity index (χ1) is 11.0. The number of hydrogen-bond donors (Lipinski definition) is 0. The number of nitrogens with zero attached hydrogens (tertiary/aromatic N) is 1. The predicted octanol–water partition coefficient (Wildman–Crippen LogP) is 4.86. The molecule has 1 aromatic heterocycles. The van der Waals surface area contributed by atoms with E-state index in [1.54, 1.807) is 23.5 Å². The Kier molecular flexibility index (Phi) is 5.57. The second-order valence-corrected chi connectivity index (χ2v) is 6.82. The number of thiophene rings is 1. The van der Waals surface area contributed by atoms with E-state index in [0.29, 0.717) is 12.2 Å². The minimum atomic E-state index is -0.647. The first kappa shape index (κ1) is 17.2. The van der Waals surface area contributed by atoms with Crippen molar-refractivity contribution in [2.45, 2.75) is 39.0 Å². The maximum Gasteiger partial charge on any atom is 0.311 e. The molecule has 0 aliphatic carbocycles. The molecule has 0 amide bonds. The van der Waals surface area contributed by atoms with Crippen LogP contribution in [-0.2, 0) is 10.2 Å². The van der Waals surface area contributed by atoms with Crippen LogP contribution in [0.5, 0.6) is 5.75 Å². The lowest BCUT2D eigenvalue weighted by Crippen LogP contribution is -2.31. The van der Waals surface area contributed by atoms with E-state index in [1.807, 2.05) is 49.7 Å². The van der Waals surface area contributed by atoms with E-state index in [0.717, 1.165) is 11.1 Å². The van der Waals surface area contributed by atoms with Gasteiger partial charge >= 0.3 is 5.97 Å². The van der Waals surface area contributed by atoms with Crippen molar-refractivity contribution in [2.24, 2.45) is 5.92 Å². The molecule has 0 saturated heterocycles. The third kappa shape index (κ3) is 4.00. The first-order valence-corrected chi connectivity index (χ1v) is 8.63. The quantitative estimate of drug-likeness (QED) is 0.562. The molecule has 0 N–H and O–H groups in total. The molecule has 1 atom stereocenters. The minimum absolute atomic E-state index is 0.120. The molecule has 0 fully saturated rings. The summed E-state index contributed by atoms with van der Waals surface area (Å²) in [4.78, 5) is 12.1. The molecule has 2 rings (SSSR count). The van der Waals surface area contributed by atoms with E-state index in [9.17, 15) is 10.1 Å². The smallest absolute Gasteiger partial charge is 0.311 e. The minimum Gasteiger partial charge on any atom is -0.427 e. The van der Waals surface area contributed by atoms with Crippen LogP contribution in [0.15, 0.2) is 41.1 Å². The summed E-state index contributed by atoms with van der Waals surface area (Å²) in [6.07, 6.45) is 0.679. The molecule has 1 heterocycles. The number of esters is 1. The molecule has 23 heavy (non-hydrogen) atoms. The largest absolute Gasteiger partial charge is 0.427 e. The predicted molar refractivity (Wildman–Crippen MR) is 92.5 cm³/mol. The lowest BCUT2D eigenvalue weighted by molar-refractivity contribution is -0.134. The van der Waals surface area contributed by atoms with E-state index in [-0.39, 0.29) is 18.3 Å². The van der Waals surface area contributed by atoms with Gasteiger partial charge < -0.3 is 4.74 Å². The van der Waals surface area contributed by atoms with Crippen LogP contribution < -0.4 is 4.74 Å². The third-order valence-electron chi connectivity index (χ3n) is 4.20. The van der Waals surface area contributed by atoms with Gasteiger partial charge in [-0.05, 0) is 53.8 Å².